The number of nitrogens with zero attached hydrogens (tertiary/aromatic N) is 1. The first kappa shape index (κ1) is 22.1. The number of amides is 2. The number of carbonyl (C=O) groups excluding carboxylic acids is 2. The number of rotatable bonds is 9. The molecule has 0 atom stereocenters. The largest absolute Gasteiger partial charge is 0.351 e. The number of sulfone groups is 1. The van der Waals surface area contributed by atoms with E-state index >= 15 is 0 Å². The molecule has 0 spiro atoms. The van der Waals surface area contributed by atoms with Gasteiger partial charge >= 0.3 is 0 Å². The summed E-state index contributed by atoms with van der Waals surface area (Å²) in [6.45, 7) is 2.12. The molecule has 0 heterocycles. The molecule has 7 nitrogen and oxygen atoms in total. The molecule has 29 heavy (non-hydrogen) atoms. The number of benzene rings is 2. The molecule has 2 N–H and O–H groups in total. The fourth-order valence-electron chi connectivity index (χ4n) is 2.59. The van der Waals surface area contributed by atoms with Crippen molar-refractivity contribution in [2.24, 2.45) is 0 Å². The Labute approximate surface area is 170 Å². The van der Waals surface area contributed by atoms with E-state index in [1.807, 2.05) is 13.0 Å². The van der Waals surface area contributed by atoms with E-state index in [-0.39, 0.29) is 18.2 Å². The van der Waals surface area contributed by atoms with Crippen LogP contribution in [0.15, 0.2) is 48.5 Å². The SMILES string of the molecule is CCCC(=O)Nc1ccc(CNC(=O)CS(=O)(=O)Cc2ccc(C#N)cc2)cc1. The average molecular weight is 413 g/mol. The van der Waals surface area contributed by atoms with Gasteiger partial charge in [-0.2, -0.15) is 5.26 Å². The highest BCUT2D eigenvalue weighted by Crippen LogP contribution is 2.11. The summed E-state index contributed by atoms with van der Waals surface area (Å²) in [6.07, 6.45) is 1.22. The Morgan fingerprint density at radius 1 is 0.966 bits per heavy atom. The Morgan fingerprint density at radius 2 is 1.59 bits per heavy atom. The second-order valence-electron chi connectivity index (χ2n) is 6.61. The van der Waals surface area contributed by atoms with Crippen molar-refractivity contribution in [3.63, 3.8) is 0 Å². The Bertz CT molecular complexity index is 992. The summed E-state index contributed by atoms with van der Waals surface area (Å²) in [5.41, 5.74) is 2.43. The minimum atomic E-state index is -3.63. The van der Waals surface area contributed by atoms with Gasteiger partial charge in [-0.3, -0.25) is 9.59 Å². The van der Waals surface area contributed by atoms with Gasteiger partial charge in [0.2, 0.25) is 11.8 Å². The van der Waals surface area contributed by atoms with E-state index < -0.39 is 21.5 Å². The zero-order valence-corrected chi connectivity index (χ0v) is 17.0. The molecule has 2 amide bonds. The van der Waals surface area contributed by atoms with Crippen molar-refractivity contribution in [2.75, 3.05) is 11.1 Å². The van der Waals surface area contributed by atoms with Crippen molar-refractivity contribution >= 4 is 27.3 Å². The predicted octanol–water partition coefficient (Wildman–Crippen LogP) is 2.53. The summed E-state index contributed by atoms with van der Waals surface area (Å²) < 4.78 is 24.4. The molecular weight excluding hydrogens is 390 g/mol. The van der Waals surface area contributed by atoms with E-state index in [2.05, 4.69) is 10.6 Å². The molecule has 152 valence electrons. The molecule has 0 saturated carbocycles. The van der Waals surface area contributed by atoms with Crippen LogP contribution in [0.2, 0.25) is 0 Å². The maximum absolute atomic E-state index is 12.2. The standard InChI is InChI=1S/C21H23N3O4S/c1-2-3-20(25)24-19-10-8-17(9-11-19)13-23-21(26)15-29(27,28)14-18-6-4-16(12-22)5-7-18/h4-11H,2-3,13-15H2,1H3,(H,23,26)(H,24,25). The van der Waals surface area contributed by atoms with E-state index in [0.29, 0.717) is 23.2 Å². The van der Waals surface area contributed by atoms with Gasteiger partial charge in [-0.15, -0.1) is 0 Å². The number of carbonyl (C=O) groups is 2. The molecule has 0 unspecified atom stereocenters. The lowest BCUT2D eigenvalue weighted by atomic mass is 10.2. The Morgan fingerprint density at radius 3 is 2.17 bits per heavy atom. The minimum Gasteiger partial charge on any atom is -0.351 e. The number of nitriles is 1. The van der Waals surface area contributed by atoms with Crippen LogP contribution >= 0.6 is 0 Å². The van der Waals surface area contributed by atoms with Crippen LogP contribution in [-0.2, 0) is 31.7 Å². The van der Waals surface area contributed by atoms with Crippen molar-refractivity contribution < 1.29 is 18.0 Å². The summed E-state index contributed by atoms with van der Waals surface area (Å²) in [5.74, 6) is -1.52. The molecule has 2 rings (SSSR count). The van der Waals surface area contributed by atoms with Gasteiger partial charge in [0.05, 0.1) is 17.4 Å². The molecule has 8 heteroatoms. The van der Waals surface area contributed by atoms with Gasteiger partial charge in [0.1, 0.15) is 5.75 Å². The smallest absolute Gasteiger partial charge is 0.235 e. The van der Waals surface area contributed by atoms with Crippen LogP contribution in [0.3, 0.4) is 0 Å². The van der Waals surface area contributed by atoms with Gasteiger partial charge in [-0.1, -0.05) is 31.2 Å². The van der Waals surface area contributed by atoms with Crippen LogP contribution in [-0.4, -0.2) is 26.0 Å². The van der Waals surface area contributed by atoms with E-state index in [1.54, 1.807) is 48.5 Å². The van der Waals surface area contributed by atoms with Crippen molar-refractivity contribution in [1.82, 2.24) is 5.32 Å². The topological polar surface area (TPSA) is 116 Å². The normalized spacial score (nSPS) is 10.8. The van der Waals surface area contributed by atoms with Crippen molar-refractivity contribution in [3.05, 3.63) is 65.2 Å². The first-order valence-electron chi connectivity index (χ1n) is 9.16. The van der Waals surface area contributed by atoms with Crippen molar-refractivity contribution in [3.8, 4) is 6.07 Å². The first-order chi connectivity index (χ1) is 13.8. The van der Waals surface area contributed by atoms with Gasteiger partial charge in [0.15, 0.2) is 9.84 Å². The zero-order valence-electron chi connectivity index (χ0n) is 16.1. The Balaban J connectivity index is 1.83. The third-order valence-electron chi connectivity index (χ3n) is 4.03. The lowest BCUT2D eigenvalue weighted by Crippen LogP contribution is -2.30. The molecule has 0 aromatic heterocycles. The Hall–Kier alpha value is -3.18. The Kier molecular flexibility index (Phi) is 7.92. The molecule has 0 fully saturated rings. The lowest BCUT2D eigenvalue weighted by Gasteiger charge is -2.08. The van der Waals surface area contributed by atoms with E-state index in [4.69, 9.17) is 5.26 Å². The van der Waals surface area contributed by atoms with Crippen LogP contribution in [0.25, 0.3) is 0 Å². The summed E-state index contributed by atoms with van der Waals surface area (Å²) in [5, 5.41) is 14.1. The summed E-state index contributed by atoms with van der Waals surface area (Å²) >= 11 is 0. The number of anilines is 1. The average Bonchev–Trinajstić information content (AvgIpc) is 2.67. The molecule has 0 saturated heterocycles. The van der Waals surface area contributed by atoms with Crippen molar-refractivity contribution in [1.29, 1.82) is 5.26 Å². The maximum atomic E-state index is 12.2. The molecule has 2 aromatic carbocycles. The molecule has 2 aromatic rings. The second kappa shape index (κ2) is 10.4. The van der Waals surface area contributed by atoms with E-state index in [1.165, 1.54) is 0 Å². The zero-order chi connectivity index (χ0) is 21.3. The summed E-state index contributed by atoms with van der Waals surface area (Å²) in [6, 6.07) is 15.2. The molecule has 0 aliphatic carbocycles. The van der Waals surface area contributed by atoms with Crippen LogP contribution in [0, 0.1) is 11.3 Å². The highest BCUT2D eigenvalue weighted by Gasteiger charge is 2.17. The fourth-order valence-corrected chi connectivity index (χ4v) is 3.89. The quantitative estimate of drug-likeness (QED) is 0.655. The van der Waals surface area contributed by atoms with Crippen LogP contribution in [0.1, 0.15) is 36.5 Å². The third kappa shape index (κ3) is 7.76. The predicted molar refractivity (Wildman–Crippen MR) is 110 cm³/mol. The van der Waals surface area contributed by atoms with E-state index in [0.717, 1.165) is 12.0 Å². The summed E-state index contributed by atoms with van der Waals surface area (Å²) in [7, 11) is -3.63. The van der Waals surface area contributed by atoms with Gasteiger partial charge in [0, 0.05) is 18.7 Å². The van der Waals surface area contributed by atoms with E-state index in [9.17, 15) is 18.0 Å². The van der Waals surface area contributed by atoms with Gasteiger partial charge in [-0.25, -0.2) is 8.42 Å². The lowest BCUT2D eigenvalue weighted by molar-refractivity contribution is -0.119. The fraction of sp³-hybridized carbons (Fsp3) is 0.286. The maximum Gasteiger partial charge on any atom is 0.235 e. The molecule has 0 aliphatic rings. The van der Waals surface area contributed by atoms with Gasteiger partial charge < -0.3 is 10.6 Å². The first-order valence-corrected chi connectivity index (χ1v) is 11.0. The second-order valence-corrected chi connectivity index (χ2v) is 8.68. The highest BCUT2D eigenvalue weighted by molar-refractivity contribution is 7.91. The monoisotopic (exact) mass is 413 g/mol. The number of hydrogen-bond acceptors (Lipinski definition) is 5. The number of nitrogens with one attached hydrogen (secondary N) is 2. The molecular formula is C21H23N3O4S. The minimum absolute atomic E-state index is 0.0546. The number of hydrogen-bond donors (Lipinski definition) is 2. The van der Waals surface area contributed by atoms with Gasteiger partial charge in [0.25, 0.3) is 0 Å². The molecule has 0 bridgehead atoms. The van der Waals surface area contributed by atoms with Crippen LogP contribution in [0.5, 0.6) is 0 Å². The summed E-state index contributed by atoms with van der Waals surface area (Å²) in [4.78, 5) is 23.6. The molecule has 0 aliphatic heterocycles. The van der Waals surface area contributed by atoms with Crippen LogP contribution < -0.4 is 10.6 Å². The van der Waals surface area contributed by atoms with Gasteiger partial charge in [-0.05, 0) is 41.8 Å². The molecule has 0 radical (unpaired) electrons. The third-order valence-corrected chi connectivity index (χ3v) is 5.50. The van der Waals surface area contributed by atoms with Crippen LogP contribution in [0.4, 0.5) is 5.69 Å². The van der Waals surface area contributed by atoms with Crippen molar-refractivity contribution in [2.45, 2.75) is 32.1 Å². The highest BCUT2D eigenvalue weighted by atomic mass is 32.2.